The molecule has 1 aliphatic carbocycles. The first-order valence-electron chi connectivity index (χ1n) is 16.2. The molecule has 52 heavy (non-hydrogen) atoms. The maximum Gasteiger partial charge on any atom is 0.333 e. The lowest BCUT2D eigenvalue weighted by Gasteiger charge is -2.27. The van der Waals surface area contributed by atoms with Gasteiger partial charge in [-0.2, -0.15) is 0 Å². The van der Waals surface area contributed by atoms with E-state index in [0.29, 0.717) is 12.8 Å². The van der Waals surface area contributed by atoms with Gasteiger partial charge in [-0.3, -0.25) is 57.7 Å². The molecule has 6 rings (SSSR count). The average molecular weight is 720 g/mol. The predicted octanol–water partition coefficient (Wildman–Crippen LogP) is -2.70. The van der Waals surface area contributed by atoms with E-state index in [1.54, 1.807) is 0 Å². The van der Waals surface area contributed by atoms with Crippen molar-refractivity contribution in [2.24, 2.45) is 5.73 Å². The normalized spacial score (nSPS) is 16.8. The van der Waals surface area contributed by atoms with E-state index in [0.717, 1.165) is 9.47 Å². The van der Waals surface area contributed by atoms with Gasteiger partial charge in [0.25, 0.3) is 29.2 Å². The van der Waals surface area contributed by atoms with Gasteiger partial charge in [-0.15, -0.1) is 0 Å². The molecule has 7 amide bonds. The third kappa shape index (κ3) is 6.95. The van der Waals surface area contributed by atoms with Crippen LogP contribution in [0.4, 0.5) is 5.82 Å². The summed E-state index contributed by atoms with van der Waals surface area (Å²) >= 11 is 0. The van der Waals surface area contributed by atoms with Gasteiger partial charge < -0.3 is 31.6 Å². The Morgan fingerprint density at radius 2 is 1.67 bits per heavy atom. The van der Waals surface area contributed by atoms with Crippen LogP contribution in [0.15, 0.2) is 33.9 Å². The van der Waals surface area contributed by atoms with E-state index in [1.165, 1.54) is 28.8 Å². The Hall–Kier alpha value is -6.44. The summed E-state index contributed by atoms with van der Waals surface area (Å²) in [5.74, 6) is -5.08. The first-order valence-corrected chi connectivity index (χ1v) is 16.2. The minimum absolute atomic E-state index is 0.00542. The van der Waals surface area contributed by atoms with Gasteiger partial charge in [-0.1, -0.05) is 6.07 Å². The number of hydrogen-bond acceptors (Lipinski definition) is 13. The number of hydrogen-bond donors (Lipinski definition) is 5. The number of carbonyl (C=O) groups excluding carboxylic acids is 7. The number of rotatable bonds is 14. The highest BCUT2D eigenvalue weighted by atomic mass is 16.5. The SMILES string of the molecule is NC(=O)c1cc2c(=O)n(CC(=O)NCCOCCNC(=O)COc3cccc4c3C(=O)N(C3CCC(=O)NC3=O)C4=O)c(=O)n(C3CC3)c2nc1N. The highest BCUT2D eigenvalue weighted by Crippen LogP contribution is 2.35. The molecule has 20 nitrogen and oxygen atoms in total. The van der Waals surface area contributed by atoms with Crippen molar-refractivity contribution in [3.05, 3.63) is 61.8 Å². The van der Waals surface area contributed by atoms with Gasteiger partial charge in [0.2, 0.25) is 17.7 Å². The fraction of sp³-hybridized carbons (Fsp3) is 0.375. The number of carbonyl (C=O) groups is 7. The van der Waals surface area contributed by atoms with E-state index in [9.17, 15) is 43.2 Å². The van der Waals surface area contributed by atoms with Gasteiger partial charge in [-0.05, 0) is 37.5 Å². The first-order chi connectivity index (χ1) is 24.9. The van der Waals surface area contributed by atoms with Gasteiger partial charge in [0.1, 0.15) is 24.2 Å². The zero-order valence-electron chi connectivity index (χ0n) is 27.5. The standard InChI is InChI=1S/C32H33N9O11/c33-25-17(26(34)45)12-18-27(38-25)40(15-4-5-15)32(50)39(29(18)47)13-22(43)35-8-10-51-11-9-36-23(44)14-52-20-3-1-2-16-24(20)31(49)41(30(16)48)19-6-7-21(42)37-28(19)46/h1-3,12,15,19H,4-11,13-14H2,(H2,33,38)(H2,34,45)(H,35,43)(H,36,44)(H,37,42,46). The molecule has 20 heteroatoms. The number of nitrogens with zero attached hydrogens (tertiary/aromatic N) is 4. The molecule has 1 saturated heterocycles. The van der Waals surface area contributed by atoms with Crippen molar-refractivity contribution in [2.45, 2.75) is 44.3 Å². The molecular weight excluding hydrogens is 686 g/mol. The molecule has 3 aliphatic rings. The fourth-order valence-electron chi connectivity index (χ4n) is 5.94. The Balaban J connectivity index is 0.947. The Morgan fingerprint density at radius 3 is 2.35 bits per heavy atom. The maximum atomic E-state index is 13.2. The third-order valence-corrected chi connectivity index (χ3v) is 8.58. The van der Waals surface area contributed by atoms with Crippen molar-refractivity contribution in [1.29, 1.82) is 0 Å². The average Bonchev–Trinajstić information content (AvgIpc) is 3.90. The van der Waals surface area contributed by atoms with Gasteiger partial charge in [-0.25, -0.2) is 9.78 Å². The largest absolute Gasteiger partial charge is 0.483 e. The lowest BCUT2D eigenvalue weighted by Crippen LogP contribution is -2.54. The number of aromatic nitrogens is 3. The van der Waals surface area contributed by atoms with E-state index < -0.39 is 71.8 Å². The number of ether oxygens (including phenoxy) is 2. The zero-order chi connectivity index (χ0) is 37.3. The second kappa shape index (κ2) is 14.4. The molecular formula is C32H33N9O11. The van der Waals surface area contributed by atoms with Crippen molar-refractivity contribution in [2.75, 3.05) is 38.6 Å². The van der Waals surface area contributed by atoms with Crippen LogP contribution in [0.2, 0.25) is 0 Å². The summed E-state index contributed by atoms with van der Waals surface area (Å²) in [7, 11) is 0. The van der Waals surface area contributed by atoms with Gasteiger partial charge in [0.15, 0.2) is 12.3 Å². The van der Waals surface area contributed by atoms with E-state index in [1.807, 2.05) is 0 Å². The number of amides is 7. The molecule has 2 aromatic heterocycles. The third-order valence-electron chi connectivity index (χ3n) is 8.58. The number of piperidine rings is 1. The van der Waals surface area contributed by atoms with Crippen molar-refractivity contribution in [3.8, 4) is 5.75 Å². The van der Waals surface area contributed by atoms with Gasteiger partial charge in [0.05, 0.1) is 35.3 Å². The first kappa shape index (κ1) is 35.4. The Morgan fingerprint density at radius 1 is 0.962 bits per heavy atom. The summed E-state index contributed by atoms with van der Waals surface area (Å²) < 4.78 is 13.0. The Bertz CT molecular complexity index is 2170. The molecule has 0 spiro atoms. The minimum atomic E-state index is -1.15. The summed E-state index contributed by atoms with van der Waals surface area (Å²) in [6, 6.07) is 4.07. The van der Waals surface area contributed by atoms with E-state index in [2.05, 4.69) is 20.9 Å². The molecule has 0 bridgehead atoms. The van der Waals surface area contributed by atoms with E-state index in [4.69, 9.17) is 20.9 Å². The van der Waals surface area contributed by atoms with Crippen LogP contribution in [0.3, 0.4) is 0 Å². The molecule has 7 N–H and O–H groups in total. The van der Waals surface area contributed by atoms with Crippen LogP contribution in [0, 0.1) is 0 Å². The molecule has 2 aliphatic heterocycles. The lowest BCUT2D eigenvalue weighted by atomic mass is 10.0. The minimum Gasteiger partial charge on any atom is -0.483 e. The fourth-order valence-corrected chi connectivity index (χ4v) is 5.94. The van der Waals surface area contributed by atoms with Crippen LogP contribution in [0.1, 0.15) is 62.8 Å². The molecule has 1 atom stereocenters. The monoisotopic (exact) mass is 719 g/mol. The molecule has 2 fully saturated rings. The van der Waals surface area contributed by atoms with Crippen molar-refractivity contribution in [3.63, 3.8) is 0 Å². The van der Waals surface area contributed by atoms with E-state index in [-0.39, 0.29) is 84.5 Å². The van der Waals surface area contributed by atoms with Crippen molar-refractivity contribution < 1.29 is 43.0 Å². The zero-order valence-corrected chi connectivity index (χ0v) is 27.5. The predicted molar refractivity (Wildman–Crippen MR) is 177 cm³/mol. The molecule has 4 heterocycles. The number of fused-ring (bicyclic) bond motifs is 2. The Kier molecular flexibility index (Phi) is 9.82. The summed E-state index contributed by atoms with van der Waals surface area (Å²) in [4.78, 5) is 118. The number of nitrogen functional groups attached to an aromatic ring is 1. The molecule has 3 aromatic rings. The molecule has 1 aromatic carbocycles. The maximum absolute atomic E-state index is 13.2. The van der Waals surface area contributed by atoms with Crippen LogP contribution in [0.25, 0.3) is 11.0 Å². The molecule has 0 radical (unpaired) electrons. The number of nitrogens with two attached hydrogens (primary N) is 2. The van der Waals surface area contributed by atoms with Crippen molar-refractivity contribution in [1.82, 2.24) is 35.0 Å². The number of imide groups is 2. The van der Waals surface area contributed by atoms with Gasteiger partial charge >= 0.3 is 5.69 Å². The van der Waals surface area contributed by atoms with Crippen molar-refractivity contribution >= 4 is 58.2 Å². The van der Waals surface area contributed by atoms with Crippen LogP contribution in [0.5, 0.6) is 5.75 Å². The summed E-state index contributed by atoms with van der Waals surface area (Å²) in [6.07, 6.45) is 1.29. The topological polar surface area (TPSA) is 286 Å². The van der Waals surface area contributed by atoms with Crippen LogP contribution in [-0.2, 0) is 30.5 Å². The molecule has 1 unspecified atom stereocenters. The summed E-state index contributed by atoms with van der Waals surface area (Å²) in [5, 5.41) is 7.16. The highest BCUT2D eigenvalue weighted by Gasteiger charge is 2.46. The number of nitrogens with one attached hydrogen (secondary N) is 3. The molecule has 1 saturated carbocycles. The highest BCUT2D eigenvalue weighted by molar-refractivity contribution is 6.24. The number of anilines is 1. The quantitative estimate of drug-likeness (QED) is 0.0839. The number of pyridine rings is 1. The summed E-state index contributed by atoms with van der Waals surface area (Å²) in [5.41, 5.74) is 9.34. The number of primary amides is 1. The second-order valence-corrected chi connectivity index (χ2v) is 12.2. The molecule has 272 valence electrons. The second-order valence-electron chi connectivity index (χ2n) is 12.2. The summed E-state index contributed by atoms with van der Waals surface area (Å²) in [6.45, 7) is -0.964. The van der Waals surface area contributed by atoms with E-state index >= 15 is 0 Å². The van der Waals surface area contributed by atoms with Crippen LogP contribution >= 0.6 is 0 Å². The van der Waals surface area contributed by atoms with Gasteiger partial charge in [0, 0.05) is 25.6 Å². The smallest absolute Gasteiger partial charge is 0.333 e. The van der Waals surface area contributed by atoms with Crippen LogP contribution in [-0.4, -0.2) is 99.3 Å². The number of benzene rings is 1. The Labute approximate surface area is 292 Å². The lowest BCUT2D eigenvalue weighted by molar-refractivity contribution is -0.136. The van der Waals surface area contributed by atoms with Crippen LogP contribution < -0.4 is 43.4 Å².